The van der Waals surface area contributed by atoms with Crippen LogP contribution in [0.1, 0.15) is 34.5 Å². The molecule has 0 fully saturated rings. The van der Waals surface area contributed by atoms with Gasteiger partial charge in [-0.2, -0.15) is 0 Å². The zero-order valence-corrected chi connectivity index (χ0v) is 34.9. The maximum atomic E-state index is 6.90. The lowest BCUT2D eigenvalue weighted by molar-refractivity contribution is 0.656. The molecular formula is C58H47N5. The van der Waals surface area contributed by atoms with Crippen molar-refractivity contribution in [2.45, 2.75) is 18.8 Å². The molecule has 0 bridgehead atoms. The van der Waals surface area contributed by atoms with E-state index >= 15 is 0 Å². The van der Waals surface area contributed by atoms with E-state index in [4.69, 9.17) is 5.73 Å². The van der Waals surface area contributed by atoms with Crippen LogP contribution in [-0.4, -0.2) is 6.67 Å². The molecule has 5 nitrogen and oxygen atoms in total. The van der Waals surface area contributed by atoms with E-state index in [9.17, 15) is 0 Å². The van der Waals surface area contributed by atoms with Crippen molar-refractivity contribution in [2.24, 2.45) is 5.73 Å². The van der Waals surface area contributed by atoms with Gasteiger partial charge in [0.15, 0.2) is 0 Å². The highest BCUT2D eigenvalue weighted by Gasteiger charge is 2.34. The zero-order valence-electron chi connectivity index (χ0n) is 34.9. The Hall–Kier alpha value is -7.70. The first-order valence-corrected chi connectivity index (χ1v) is 21.8. The third-order valence-corrected chi connectivity index (χ3v) is 12.5. The van der Waals surface area contributed by atoms with Crippen molar-refractivity contribution in [3.63, 3.8) is 0 Å². The molecule has 5 heteroatoms. The highest BCUT2D eigenvalue weighted by molar-refractivity contribution is 6.22. The average Bonchev–Trinajstić information content (AvgIpc) is 3.76. The predicted octanol–water partition coefficient (Wildman–Crippen LogP) is 13.6. The van der Waals surface area contributed by atoms with E-state index in [0.717, 1.165) is 22.5 Å². The maximum Gasteiger partial charge on any atom is 0.130 e. The maximum absolute atomic E-state index is 6.90. The van der Waals surface area contributed by atoms with Gasteiger partial charge in [-0.05, 0) is 102 Å². The number of hydrogen-bond donors (Lipinski definition) is 4. The van der Waals surface area contributed by atoms with Gasteiger partial charge in [0.2, 0.25) is 0 Å². The SMILES string of the molecule is NC(/C=C(\NCNCc1cccc(-c2ccc(C3Nc4c(c5ccccc5c5ccccc45)N3c3ccccc3)cc2)c1)c1ccc2ccccc2c1)c1ccc2ccccc2c1. The molecule has 2 atom stereocenters. The fraction of sp³-hybridized carbons (Fsp3) is 0.0690. The van der Waals surface area contributed by atoms with Crippen LogP contribution in [0.4, 0.5) is 17.1 Å². The molecule has 1 heterocycles. The Bertz CT molecular complexity index is 3300. The first-order chi connectivity index (χ1) is 31.1. The van der Waals surface area contributed by atoms with Crippen molar-refractivity contribution in [3.05, 3.63) is 241 Å². The summed E-state index contributed by atoms with van der Waals surface area (Å²) in [5.74, 6) is 0. The van der Waals surface area contributed by atoms with Gasteiger partial charge < -0.3 is 21.3 Å². The van der Waals surface area contributed by atoms with Gasteiger partial charge >= 0.3 is 0 Å². The smallest absolute Gasteiger partial charge is 0.130 e. The summed E-state index contributed by atoms with van der Waals surface area (Å²) in [4.78, 5) is 2.47. The highest BCUT2D eigenvalue weighted by atomic mass is 15.3. The van der Waals surface area contributed by atoms with Gasteiger partial charge in [0.05, 0.1) is 24.1 Å². The van der Waals surface area contributed by atoms with Gasteiger partial charge in [-0.25, -0.2) is 0 Å². The van der Waals surface area contributed by atoms with Gasteiger partial charge in [-0.3, -0.25) is 5.32 Å². The lowest BCUT2D eigenvalue weighted by Gasteiger charge is -2.28. The Labute approximate surface area is 368 Å². The van der Waals surface area contributed by atoms with E-state index in [1.54, 1.807) is 0 Å². The highest BCUT2D eigenvalue weighted by Crippen LogP contribution is 2.53. The Morgan fingerprint density at radius 1 is 0.556 bits per heavy atom. The molecule has 1 aliphatic rings. The normalized spacial score (nSPS) is 14.3. The summed E-state index contributed by atoms with van der Waals surface area (Å²) in [6.45, 7) is 1.28. The van der Waals surface area contributed by atoms with E-state index in [0.29, 0.717) is 13.2 Å². The zero-order chi connectivity index (χ0) is 42.1. The van der Waals surface area contributed by atoms with Crippen LogP contribution in [0.3, 0.4) is 0 Å². The standard InChI is InChI=1S/C58H47N5/c59-54(47-31-27-40-14-4-6-16-45(40)34-47)36-55(48-32-28-41-15-5-7-17-46(41)35-48)61-38-60-37-39-13-12-18-44(33-39)42-25-29-43(30-26-42)58-62-56-52-23-10-8-21-50(52)51-22-9-11-24-53(51)57(56)63(58)49-19-2-1-3-20-49/h1-36,54,58,60-62H,37-38,59H2/b55-36-. The van der Waals surface area contributed by atoms with Gasteiger partial charge in [0, 0.05) is 28.7 Å². The van der Waals surface area contributed by atoms with E-state index in [1.807, 2.05) is 0 Å². The lowest BCUT2D eigenvalue weighted by atomic mass is 9.98. The van der Waals surface area contributed by atoms with Crippen LogP contribution in [0, 0.1) is 0 Å². The minimum absolute atomic E-state index is 0.0793. The number of nitrogens with one attached hydrogen (secondary N) is 3. The van der Waals surface area contributed by atoms with E-state index < -0.39 is 0 Å². The van der Waals surface area contributed by atoms with Crippen molar-refractivity contribution in [2.75, 3.05) is 16.9 Å². The summed E-state index contributed by atoms with van der Waals surface area (Å²) in [6.07, 6.45) is 2.06. The second kappa shape index (κ2) is 16.6. The third kappa shape index (κ3) is 7.44. The molecular weight excluding hydrogens is 767 g/mol. The quantitative estimate of drug-likeness (QED) is 0.0595. The molecule has 0 aromatic heterocycles. The molecule has 1 aliphatic heterocycles. The largest absolute Gasteiger partial charge is 0.372 e. The fourth-order valence-electron chi connectivity index (χ4n) is 9.34. The van der Waals surface area contributed by atoms with E-state index in [1.165, 1.54) is 76.7 Å². The molecule has 0 aliphatic carbocycles. The Kier molecular flexibility index (Phi) is 10.1. The van der Waals surface area contributed by atoms with Crippen LogP contribution < -0.4 is 26.6 Å². The second-order valence-electron chi connectivity index (χ2n) is 16.4. The van der Waals surface area contributed by atoms with Crippen LogP contribution in [0.15, 0.2) is 218 Å². The van der Waals surface area contributed by atoms with Crippen molar-refractivity contribution < 1.29 is 0 Å². The Balaban J connectivity index is 0.824. The van der Waals surface area contributed by atoms with Crippen molar-refractivity contribution in [1.82, 2.24) is 10.6 Å². The van der Waals surface area contributed by atoms with Gasteiger partial charge in [0.1, 0.15) is 6.17 Å². The molecule has 10 aromatic carbocycles. The average molecular weight is 814 g/mol. The molecule has 304 valence electrons. The molecule has 0 spiro atoms. The van der Waals surface area contributed by atoms with Crippen LogP contribution >= 0.6 is 0 Å². The minimum Gasteiger partial charge on any atom is -0.372 e. The predicted molar refractivity (Wildman–Crippen MR) is 266 cm³/mol. The summed E-state index contributed by atoms with van der Waals surface area (Å²) in [6, 6.07) is 75.8. The summed E-state index contributed by atoms with van der Waals surface area (Å²) in [5.41, 5.74) is 18.4. The number of nitrogens with two attached hydrogens (primary N) is 1. The number of rotatable bonds is 11. The Morgan fingerprint density at radius 2 is 1.19 bits per heavy atom. The number of hydrogen-bond acceptors (Lipinski definition) is 5. The van der Waals surface area contributed by atoms with E-state index in [-0.39, 0.29) is 12.2 Å². The van der Waals surface area contributed by atoms with Crippen LogP contribution in [-0.2, 0) is 6.54 Å². The first kappa shape index (κ1) is 38.2. The topological polar surface area (TPSA) is 65.3 Å². The Morgan fingerprint density at radius 3 is 1.95 bits per heavy atom. The fourth-order valence-corrected chi connectivity index (χ4v) is 9.34. The molecule has 0 saturated carbocycles. The van der Waals surface area contributed by atoms with Crippen LogP contribution in [0.25, 0.3) is 59.9 Å². The summed E-state index contributed by atoms with van der Waals surface area (Å²) in [7, 11) is 0. The molecule has 0 radical (unpaired) electrons. The molecule has 10 aromatic rings. The van der Waals surface area contributed by atoms with Gasteiger partial charge in [0.25, 0.3) is 0 Å². The number of para-hydroxylation sites is 1. The number of fused-ring (bicyclic) bond motifs is 8. The molecule has 63 heavy (non-hydrogen) atoms. The van der Waals surface area contributed by atoms with Crippen LogP contribution in [0.2, 0.25) is 0 Å². The van der Waals surface area contributed by atoms with Gasteiger partial charge in [-0.1, -0.05) is 182 Å². The summed E-state index contributed by atoms with van der Waals surface area (Å²) in [5, 5.41) is 21.1. The monoisotopic (exact) mass is 813 g/mol. The van der Waals surface area contributed by atoms with Crippen molar-refractivity contribution in [1.29, 1.82) is 0 Å². The molecule has 0 saturated heterocycles. The van der Waals surface area contributed by atoms with E-state index in [2.05, 4.69) is 239 Å². The van der Waals surface area contributed by atoms with Gasteiger partial charge in [-0.15, -0.1) is 0 Å². The minimum atomic E-state index is -0.285. The number of benzene rings is 10. The summed E-state index contributed by atoms with van der Waals surface area (Å²) < 4.78 is 0. The second-order valence-corrected chi connectivity index (χ2v) is 16.4. The first-order valence-electron chi connectivity index (χ1n) is 21.8. The van der Waals surface area contributed by atoms with Crippen molar-refractivity contribution in [3.8, 4) is 11.1 Å². The van der Waals surface area contributed by atoms with Crippen LogP contribution in [0.5, 0.6) is 0 Å². The van der Waals surface area contributed by atoms with Crippen molar-refractivity contribution >= 4 is 65.8 Å². The molecule has 2 unspecified atom stereocenters. The molecule has 11 rings (SSSR count). The number of anilines is 3. The number of nitrogens with zero attached hydrogens (tertiary/aromatic N) is 1. The third-order valence-electron chi connectivity index (χ3n) is 12.5. The molecule has 0 amide bonds. The lowest BCUT2D eigenvalue weighted by Crippen LogP contribution is -2.28. The summed E-state index contributed by atoms with van der Waals surface area (Å²) >= 11 is 0. The molecule has 5 N–H and O–H groups in total.